The maximum Gasteiger partial charge on any atom is 0.315 e. The summed E-state index contributed by atoms with van der Waals surface area (Å²) in [5.74, 6) is 2.28. The molecule has 0 radical (unpaired) electrons. The minimum atomic E-state index is -0.218. The van der Waals surface area contributed by atoms with Gasteiger partial charge in [-0.05, 0) is 18.2 Å². The molecule has 25 heavy (non-hydrogen) atoms. The van der Waals surface area contributed by atoms with E-state index < -0.39 is 0 Å². The van der Waals surface area contributed by atoms with Crippen LogP contribution in [-0.4, -0.2) is 31.9 Å². The van der Waals surface area contributed by atoms with Gasteiger partial charge < -0.3 is 24.8 Å². The molecule has 4 rings (SSSR count). The average molecular weight is 340 g/mol. The first kappa shape index (κ1) is 15.6. The lowest BCUT2D eigenvalue weighted by Gasteiger charge is -2.28. The zero-order chi connectivity index (χ0) is 17.1. The van der Waals surface area contributed by atoms with E-state index in [2.05, 4.69) is 10.6 Å². The molecule has 0 aliphatic carbocycles. The van der Waals surface area contributed by atoms with Gasteiger partial charge in [0.15, 0.2) is 17.6 Å². The van der Waals surface area contributed by atoms with Crippen LogP contribution in [0.1, 0.15) is 18.0 Å². The Morgan fingerprint density at radius 1 is 1.00 bits per heavy atom. The summed E-state index contributed by atoms with van der Waals surface area (Å²) in [4.78, 5) is 12.2. The lowest BCUT2D eigenvalue weighted by atomic mass is 10.0. The SMILES string of the molecule is O=C(NC[C@@H]1COc2ccccc2O1)N[C@H]1CCOc2ccccc21. The van der Waals surface area contributed by atoms with Crippen LogP contribution in [0, 0.1) is 0 Å². The third-order valence-corrected chi connectivity index (χ3v) is 4.32. The van der Waals surface area contributed by atoms with Crippen molar-refractivity contribution in [3.63, 3.8) is 0 Å². The van der Waals surface area contributed by atoms with Crippen LogP contribution in [0.4, 0.5) is 4.79 Å². The molecule has 2 aromatic rings. The summed E-state index contributed by atoms with van der Waals surface area (Å²) in [6.07, 6.45) is 0.545. The van der Waals surface area contributed by atoms with Crippen LogP contribution < -0.4 is 24.8 Å². The number of rotatable bonds is 3. The molecule has 2 atom stereocenters. The van der Waals surface area contributed by atoms with E-state index in [4.69, 9.17) is 14.2 Å². The number of hydrogen-bond acceptors (Lipinski definition) is 4. The molecule has 2 aliphatic rings. The molecule has 2 heterocycles. The van der Waals surface area contributed by atoms with Crippen molar-refractivity contribution in [3.8, 4) is 17.2 Å². The zero-order valence-electron chi connectivity index (χ0n) is 13.7. The predicted molar refractivity (Wildman–Crippen MR) is 92.2 cm³/mol. The van der Waals surface area contributed by atoms with Crippen molar-refractivity contribution in [3.05, 3.63) is 54.1 Å². The van der Waals surface area contributed by atoms with Crippen molar-refractivity contribution < 1.29 is 19.0 Å². The third kappa shape index (κ3) is 3.47. The zero-order valence-corrected chi connectivity index (χ0v) is 13.7. The molecular weight excluding hydrogens is 320 g/mol. The highest BCUT2D eigenvalue weighted by atomic mass is 16.6. The summed E-state index contributed by atoms with van der Waals surface area (Å²) in [6.45, 7) is 1.39. The Morgan fingerprint density at radius 3 is 2.64 bits per heavy atom. The maximum absolute atomic E-state index is 12.2. The first-order chi connectivity index (χ1) is 12.3. The van der Waals surface area contributed by atoms with Gasteiger partial charge in [0, 0.05) is 12.0 Å². The van der Waals surface area contributed by atoms with Crippen LogP contribution in [0.3, 0.4) is 0 Å². The summed E-state index contributed by atoms with van der Waals surface area (Å²) < 4.78 is 17.1. The molecule has 0 bridgehead atoms. The van der Waals surface area contributed by atoms with Gasteiger partial charge in [0.1, 0.15) is 12.4 Å². The lowest BCUT2D eigenvalue weighted by molar-refractivity contribution is 0.0916. The number of nitrogens with one attached hydrogen (secondary N) is 2. The molecule has 130 valence electrons. The summed E-state index contributed by atoms with van der Waals surface area (Å²) in [7, 11) is 0. The molecule has 6 nitrogen and oxygen atoms in total. The normalized spacial score (nSPS) is 20.8. The predicted octanol–water partition coefficient (Wildman–Crippen LogP) is 2.65. The van der Waals surface area contributed by atoms with Gasteiger partial charge in [-0.3, -0.25) is 0 Å². The Balaban J connectivity index is 1.31. The van der Waals surface area contributed by atoms with Gasteiger partial charge in [-0.2, -0.15) is 0 Å². The van der Waals surface area contributed by atoms with E-state index in [1.807, 2.05) is 48.5 Å². The number of hydrogen-bond donors (Lipinski definition) is 2. The molecule has 2 aliphatic heterocycles. The fourth-order valence-corrected chi connectivity index (χ4v) is 3.07. The summed E-state index contributed by atoms with van der Waals surface area (Å²) in [5.41, 5.74) is 1.01. The Morgan fingerprint density at radius 2 is 1.76 bits per heavy atom. The van der Waals surface area contributed by atoms with E-state index >= 15 is 0 Å². The van der Waals surface area contributed by atoms with Crippen molar-refractivity contribution in [2.24, 2.45) is 0 Å². The van der Waals surface area contributed by atoms with E-state index in [1.54, 1.807) is 0 Å². The summed E-state index contributed by atoms with van der Waals surface area (Å²) in [5, 5.41) is 5.87. The van der Waals surface area contributed by atoms with Crippen molar-refractivity contribution >= 4 is 6.03 Å². The van der Waals surface area contributed by atoms with Crippen LogP contribution >= 0.6 is 0 Å². The Labute approximate surface area is 146 Å². The van der Waals surface area contributed by atoms with E-state index in [1.165, 1.54) is 0 Å². The molecule has 2 amide bonds. The van der Waals surface area contributed by atoms with Crippen LogP contribution in [0.25, 0.3) is 0 Å². The molecule has 0 saturated heterocycles. The number of benzene rings is 2. The van der Waals surface area contributed by atoms with E-state index in [0.29, 0.717) is 25.5 Å². The highest BCUT2D eigenvalue weighted by Crippen LogP contribution is 2.32. The molecule has 0 fully saturated rings. The summed E-state index contributed by atoms with van der Waals surface area (Å²) >= 11 is 0. The van der Waals surface area contributed by atoms with Gasteiger partial charge in [0.25, 0.3) is 0 Å². The Kier molecular flexibility index (Phi) is 4.33. The quantitative estimate of drug-likeness (QED) is 0.901. The highest BCUT2D eigenvalue weighted by Gasteiger charge is 2.24. The van der Waals surface area contributed by atoms with Gasteiger partial charge >= 0.3 is 6.03 Å². The van der Waals surface area contributed by atoms with Gasteiger partial charge in [-0.25, -0.2) is 4.79 Å². The van der Waals surface area contributed by atoms with Crippen molar-refractivity contribution in [1.82, 2.24) is 10.6 Å². The second kappa shape index (κ2) is 6.93. The monoisotopic (exact) mass is 340 g/mol. The van der Waals surface area contributed by atoms with Crippen molar-refractivity contribution in [2.45, 2.75) is 18.6 Å². The smallest absolute Gasteiger partial charge is 0.315 e. The molecule has 0 aromatic heterocycles. The molecular formula is C19H20N2O4. The Hall–Kier alpha value is -2.89. The van der Waals surface area contributed by atoms with Gasteiger partial charge in [0.05, 0.1) is 19.2 Å². The second-order valence-corrected chi connectivity index (χ2v) is 6.08. The van der Waals surface area contributed by atoms with Crippen LogP contribution in [0.2, 0.25) is 0 Å². The molecule has 6 heteroatoms. The maximum atomic E-state index is 12.2. The van der Waals surface area contributed by atoms with Crippen molar-refractivity contribution in [1.29, 1.82) is 0 Å². The van der Waals surface area contributed by atoms with Gasteiger partial charge in [-0.1, -0.05) is 30.3 Å². The molecule has 0 saturated carbocycles. The van der Waals surface area contributed by atoms with E-state index in [0.717, 1.165) is 23.5 Å². The Bertz CT molecular complexity index is 765. The fourth-order valence-electron chi connectivity index (χ4n) is 3.07. The minimum absolute atomic E-state index is 0.0470. The molecule has 2 N–H and O–H groups in total. The van der Waals surface area contributed by atoms with Crippen LogP contribution in [-0.2, 0) is 0 Å². The first-order valence-electron chi connectivity index (χ1n) is 8.44. The lowest BCUT2D eigenvalue weighted by Crippen LogP contribution is -2.45. The third-order valence-electron chi connectivity index (χ3n) is 4.32. The van der Waals surface area contributed by atoms with E-state index in [9.17, 15) is 4.79 Å². The second-order valence-electron chi connectivity index (χ2n) is 6.08. The molecule has 2 aromatic carbocycles. The largest absolute Gasteiger partial charge is 0.493 e. The van der Waals surface area contributed by atoms with Crippen LogP contribution in [0.5, 0.6) is 17.2 Å². The average Bonchev–Trinajstić information content (AvgIpc) is 2.66. The topological polar surface area (TPSA) is 68.8 Å². The highest BCUT2D eigenvalue weighted by molar-refractivity contribution is 5.74. The van der Waals surface area contributed by atoms with Gasteiger partial charge in [-0.15, -0.1) is 0 Å². The van der Waals surface area contributed by atoms with Crippen molar-refractivity contribution in [2.75, 3.05) is 19.8 Å². The number of ether oxygens (including phenoxy) is 3. The van der Waals surface area contributed by atoms with Crippen LogP contribution in [0.15, 0.2) is 48.5 Å². The molecule has 0 spiro atoms. The van der Waals surface area contributed by atoms with Gasteiger partial charge in [0.2, 0.25) is 0 Å². The first-order valence-corrected chi connectivity index (χ1v) is 8.44. The number of urea groups is 1. The number of fused-ring (bicyclic) bond motifs is 2. The summed E-state index contributed by atoms with van der Waals surface area (Å²) in [6, 6.07) is 15.0. The fraction of sp³-hybridized carbons (Fsp3) is 0.316. The molecule has 0 unspecified atom stereocenters. The van der Waals surface area contributed by atoms with E-state index in [-0.39, 0.29) is 18.2 Å². The number of para-hydroxylation sites is 3. The number of carbonyl (C=O) groups is 1. The number of amides is 2. The standard InChI is InChI=1S/C19H20N2O4/c22-19(21-15-9-10-23-16-6-2-1-5-14(15)16)20-11-13-12-24-17-7-3-4-8-18(17)25-13/h1-8,13,15H,9-12H2,(H2,20,21,22)/t13-,15+/m1/s1. The minimum Gasteiger partial charge on any atom is -0.493 e. The number of carbonyl (C=O) groups excluding carboxylic acids is 1.